The number of amides is 2. The number of nitrogens with zero attached hydrogens (tertiary/aromatic N) is 2. The van der Waals surface area contributed by atoms with Gasteiger partial charge in [0.1, 0.15) is 0 Å². The molecule has 38 heavy (non-hydrogen) atoms. The second kappa shape index (κ2) is 13.7. The van der Waals surface area contributed by atoms with Gasteiger partial charge in [0.15, 0.2) is 0 Å². The van der Waals surface area contributed by atoms with E-state index in [-0.39, 0.29) is 46.7 Å². The minimum Gasteiger partial charge on any atom is -0.378 e. The standard InChI is InChI=1S/C31H52N4O3/c1-22(2)25(20-23(3)28(36)35-16-18-38-19-17-35)34(10)29(37)27(30(4,5)6)33-21-26(32-9)31(7,8)24-14-12-11-13-15-24/h11-15,20,22,25-27,32-33H,16-19,21H2,1-10H3/b23-20+/t25-,26?,27?/m1/s1. The Balaban J connectivity index is 2.23. The molecule has 0 aliphatic carbocycles. The summed E-state index contributed by atoms with van der Waals surface area (Å²) in [6.07, 6.45) is 1.97. The Morgan fingerprint density at radius 1 is 1.08 bits per heavy atom. The molecule has 2 unspecified atom stereocenters. The fourth-order valence-corrected chi connectivity index (χ4v) is 5.23. The monoisotopic (exact) mass is 528 g/mol. The number of likely N-dealkylation sites (N-methyl/N-ethyl adjacent to an activating group) is 2. The predicted molar refractivity (Wildman–Crippen MR) is 156 cm³/mol. The number of ether oxygens (including phenoxy) is 1. The summed E-state index contributed by atoms with van der Waals surface area (Å²) < 4.78 is 5.39. The second-order valence-corrected chi connectivity index (χ2v) is 12.6. The molecular formula is C31H52N4O3. The molecule has 1 aromatic rings. The molecule has 1 aromatic carbocycles. The molecule has 0 saturated carbocycles. The van der Waals surface area contributed by atoms with E-state index in [0.717, 1.165) is 0 Å². The minimum atomic E-state index is -0.389. The molecule has 7 nitrogen and oxygen atoms in total. The zero-order valence-corrected chi connectivity index (χ0v) is 25.4. The lowest BCUT2D eigenvalue weighted by Gasteiger charge is -2.40. The lowest BCUT2D eigenvalue weighted by Crippen LogP contribution is -2.59. The average molecular weight is 529 g/mol. The van der Waals surface area contributed by atoms with Crippen LogP contribution in [0.2, 0.25) is 0 Å². The number of carbonyl (C=O) groups excluding carboxylic acids is 2. The highest BCUT2D eigenvalue weighted by Crippen LogP contribution is 2.28. The first-order valence-electron chi connectivity index (χ1n) is 14.0. The molecule has 1 heterocycles. The average Bonchev–Trinajstić information content (AvgIpc) is 2.88. The highest BCUT2D eigenvalue weighted by molar-refractivity contribution is 5.93. The summed E-state index contributed by atoms with van der Waals surface area (Å²) in [5.41, 5.74) is 1.48. The predicted octanol–water partition coefficient (Wildman–Crippen LogP) is 3.84. The van der Waals surface area contributed by atoms with Crippen LogP contribution in [0.1, 0.15) is 61.0 Å². The van der Waals surface area contributed by atoms with Crippen molar-refractivity contribution >= 4 is 11.8 Å². The summed E-state index contributed by atoms with van der Waals surface area (Å²) in [6, 6.07) is 10.0. The molecular weight excluding hydrogens is 476 g/mol. The zero-order valence-electron chi connectivity index (χ0n) is 25.4. The van der Waals surface area contributed by atoms with Gasteiger partial charge in [0, 0.05) is 43.7 Å². The number of hydrogen-bond acceptors (Lipinski definition) is 5. The van der Waals surface area contributed by atoms with Crippen LogP contribution in [0.3, 0.4) is 0 Å². The Morgan fingerprint density at radius 3 is 2.16 bits per heavy atom. The van der Waals surface area contributed by atoms with Crippen molar-refractivity contribution in [2.45, 2.75) is 78.9 Å². The molecule has 2 amide bonds. The summed E-state index contributed by atoms with van der Waals surface area (Å²) in [6.45, 7) is 19.8. The fourth-order valence-electron chi connectivity index (χ4n) is 5.23. The fraction of sp³-hybridized carbons (Fsp3) is 0.677. The third kappa shape index (κ3) is 8.14. The van der Waals surface area contributed by atoms with Crippen molar-refractivity contribution in [2.24, 2.45) is 11.3 Å². The first-order valence-corrected chi connectivity index (χ1v) is 14.0. The largest absolute Gasteiger partial charge is 0.378 e. The summed E-state index contributed by atoms with van der Waals surface area (Å²) in [7, 11) is 3.84. The number of benzene rings is 1. The van der Waals surface area contributed by atoms with Crippen LogP contribution in [0.15, 0.2) is 42.0 Å². The molecule has 0 bridgehead atoms. The quantitative estimate of drug-likeness (QED) is 0.427. The Labute approximate surface area is 231 Å². The molecule has 2 N–H and O–H groups in total. The number of carbonyl (C=O) groups is 2. The Kier molecular flexibility index (Phi) is 11.6. The molecule has 7 heteroatoms. The van der Waals surface area contributed by atoms with Gasteiger partial charge in [0.25, 0.3) is 0 Å². The molecule has 3 atom stereocenters. The highest BCUT2D eigenvalue weighted by Gasteiger charge is 2.38. The molecule has 0 radical (unpaired) electrons. The van der Waals surface area contributed by atoms with Crippen LogP contribution in [0.5, 0.6) is 0 Å². The van der Waals surface area contributed by atoms with Crippen LogP contribution < -0.4 is 10.6 Å². The van der Waals surface area contributed by atoms with Crippen molar-refractivity contribution in [1.29, 1.82) is 0 Å². The van der Waals surface area contributed by atoms with E-state index in [9.17, 15) is 9.59 Å². The third-order valence-corrected chi connectivity index (χ3v) is 7.91. The Bertz CT molecular complexity index is 930. The normalized spacial score (nSPS) is 17.8. The van der Waals surface area contributed by atoms with E-state index in [1.165, 1.54) is 5.56 Å². The smallest absolute Gasteiger partial charge is 0.249 e. The van der Waals surface area contributed by atoms with Crippen molar-refractivity contribution in [3.63, 3.8) is 0 Å². The van der Waals surface area contributed by atoms with Gasteiger partial charge in [0.2, 0.25) is 11.8 Å². The van der Waals surface area contributed by atoms with E-state index in [1.807, 2.05) is 43.0 Å². The maximum Gasteiger partial charge on any atom is 0.249 e. The van der Waals surface area contributed by atoms with E-state index < -0.39 is 0 Å². The van der Waals surface area contributed by atoms with Crippen molar-refractivity contribution in [3.05, 3.63) is 47.5 Å². The summed E-state index contributed by atoms with van der Waals surface area (Å²) >= 11 is 0. The minimum absolute atomic E-state index is 0.0188. The van der Waals surface area contributed by atoms with E-state index in [2.05, 4.69) is 83.4 Å². The lowest BCUT2D eigenvalue weighted by atomic mass is 9.77. The van der Waals surface area contributed by atoms with Gasteiger partial charge in [-0.2, -0.15) is 0 Å². The number of hydrogen-bond donors (Lipinski definition) is 2. The van der Waals surface area contributed by atoms with Gasteiger partial charge in [-0.15, -0.1) is 0 Å². The number of nitrogens with one attached hydrogen (secondary N) is 2. The molecule has 1 aliphatic rings. The van der Waals surface area contributed by atoms with Crippen LogP contribution in [-0.2, 0) is 19.7 Å². The van der Waals surface area contributed by atoms with E-state index in [4.69, 9.17) is 4.74 Å². The van der Waals surface area contributed by atoms with Gasteiger partial charge in [-0.1, -0.05) is 84.9 Å². The zero-order chi connectivity index (χ0) is 28.7. The summed E-state index contributed by atoms with van der Waals surface area (Å²) in [5, 5.41) is 7.10. The maximum atomic E-state index is 14.0. The van der Waals surface area contributed by atoms with Gasteiger partial charge >= 0.3 is 0 Å². The van der Waals surface area contributed by atoms with Crippen LogP contribution in [0.4, 0.5) is 0 Å². The van der Waals surface area contributed by atoms with Gasteiger partial charge < -0.3 is 25.2 Å². The molecule has 2 rings (SSSR count). The molecule has 214 valence electrons. The first-order chi connectivity index (χ1) is 17.7. The number of morpholine rings is 1. The summed E-state index contributed by atoms with van der Waals surface area (Å²) in [4.78, 5) is 30.7. The second-order valence-electron chi connectivity index (χ2n) is 12.6. The SMILES string of the molecule is CNC(CNC(C(=O)N(C)[C@H](/C=C(\C)C(=O)N1CCOCC1)C(C)C)C(C)(C)C)C(C)(C)c1ccccc1. The van der Waals surface area contributed by atoms with Crippen LogP contribution in [-0.4, -0.2) is 86.7 Å². The topological polar surface area (TPSA) is 73.9 Å². The number of rotatable bonds is 11. The first kappa shape index (κ1) is 32.0. The van der Waals surface area contributed by atoms with E-state index in [1.54, 1.807) is 0 Å². The van der Waals surface area contributed by atoms with Crippen LogP contribution in [0.25, 0.3) is 0 Å². The molecule has 1 saturated heterocycles. The van der Waals surface area contributed by atoms with Gasteiger partial charge in [-0.3, -0.25) is 9.59 Å². The van der Waals surface area contributed by atoms with Gasteiger partial charge in [-0.25, -0.2) is 0 Å². The van der Waals surface area contributed by atoms with Gasteiger partial charge in [0.05, 0.1) is 25.3 Å². The third-order valence-electron chi connectivity index (χ3n) is 7.91. The van der Waals surface area contributed by atoms with Crippen molar-refractivity contribution in [1.82, 2.24) is 20.4 Å². The molecule has 0 spiro atoms. The molecule has 1 fully saturated rings. The molecule has 1 aliphatic heterocycles. The summed E-state index contributed by atoms with van der Waals surface area (Å²) in [5.74, 6) is 0.204. The van der Waals surface area contributed by atoms with Crippen molar-refractivity contribution < 1.29 is 14.3 Å². The van der Waals surface area contributed by atoms with Crippen LogP contribution in [0, 0.1) is 11.3 Å². The highest BCUT2D eigenvalue weighted by atomic mass is 16.5. The van der Waals surface area contributed by atoms with Crippen LogP contribution >= 0.6 is 0 Å². The molecule has 0 aromatic heterocycles. The van der Waals surface area contributed by atoms with E-state index in [0.29, 0.717) is 38.4 Å². The van der Waals surface area contributed by atoms with Gasteiger partial charge in [-0.05, 0) is 30.9 Å². The lowest BCUT2D eigenvalue weighted by molar-refractivity contribution is -0.137. The van der Waals surface area contributed by atoms with Crippen molar-refractivity contribution in [3.8, 4) is 0 Å². The maximum absolute atomic E-state index is 14.0. The Morgan fingerprint density at radius 2 is 1.66 bits per heavy atom. The Hall–Kier alpha value is -2.22. The van der Waals surface area contributed by atoms with E-state index >= 15 is 0 Å². The van der Waals surface area contributed by atoms with Crippen molar-refractivity contribution in [2.75, 3.05) is 46.9 Å².